The van der Waals surface area contributed by atoms with Gasteiger partial charge in [0.05, 0.1) is 0 Å². The Morgan fingerprint density at radius 3 is 2.58 bits per heavy atom. The van der Waals surface area contributed by atoms with Crippen LogP contribution in [0, 0.1) is 5.92 Å². The van der Waals surface area contributed by atoms with Crippen LogP contribution in [0.1, 0.15) is 29.0 Å². The van der Waals surface area contributed by atoms with Crippen molar-refractivity contribution in [2.45, 2.75) is 19.4 Å². The van der Waals surface area contributed by atoms with Crippen molar-refractivity contribution >= 4 is 17.3 Å². The molecule has 0 unspecified atom stereocenters. The largest absolute Gasteiger partial charge is 0.486 e. The number of amides is 1. The first-order valence-corrected chi connectivity index (χ1v) is 11.7. The summed E-state index contributed by atoms with van der Waals surface area (Å²) in [6.45, 7) is 5.93. The molecule has 33 heavy (non-hydrogen) atoms. The molecule has 1 amide bonds. The molecule has 1 aromatic heterocycles. The quantitative estimate of drug-likeness (QED) is 0.572. The van der Waals surface area contributed by atoms with E-state index in [1.165, 1.54) is 19.4 Å². The maximum Gasteiger partial charge on any atom is 0.255 e. The van der Waals surface area contributed by atoms with Crippen molar-refractivity contribution in [3.05, 3.63) is 72.3 Å². The molecule has 1 saturated heterocycles. The average molecular weight is 446 g/mol. The van der Waals surface area contributed by atoms with Gasteiger partial charge >= 0.3 is 0 Å². The molecule has 0 spiro atoms. The lowest BCUT2D eigenvalue weighted by Gasteiger charge is -2.36. The Morgan fingerprint density at radius 2 is 1.88 bits per heavy atom. The third-order valence-electron chi connectivity index (χ3n) is 6.46. The zero-order valence-corrected chi connectivity index (χ0v) is 19.1. The first kappa shape index (κ1) is 21.5. The highest BCUT2D eigenvalue weighted by Gasteiger charge is 2.26. The van der Waals surface area contributed by atoms with Crippen LogP contribution in [0.3, 0.4) is 0 Å². The zero-order valence-electron chi connectivity index (χ0n) is 19.1. The van der Waals surface area contributed by atoms with Gasteiger partial charge in [-0.1, -0.05) is 6.07 Å². The molecule has 2 fully saturated rings. The van der Waals surface area contributed by atoms with Crippen molar-refractivity contribution in [3.63, 3.8) is 0 Å². The molecule has 1 N–H and O–H groups in total. The van der Waals surface area contributed by atoms with Gasteiger partial charge in [0.2, 0.25) is 0 Å². The van der Waals surface area contributed by atoms with E-state index in [9.17, 15) is 4.79 Å². The van der Waals surface area contributed by atoms with Crippen molar-refractivity contribution < 1.29 is 9.53 Å². The lowest BCUT2D eigenvalue weighted by molar-refractivity contribution is 0.102. The van der Waals surface area contributed by atoms with Gasteiger partial charge in [-0.25, -0.2) is 4.98 Å². The first-order valence-electron chi connectivity index (χ1n) is 11.7. The van der Waals surface area contributed by atoms with Gasteiger partial charge in [0, 0.05) is 69.1 Å². The summed E-state index contributed by atoms with van der Waals surface area (Å²) in [5.41, 5.74) is 2.57. The molecule has 3 aromatic rings. The second-order valence-corrected chi connectivity index (χ2v) is 9.00. The van der Waals surface area contributed by atoms with E-state index in [0.29, 0.717) is 17.9 Å². The topological polar surface area (TPSA) is 62.6 Å². The number of imidazole rings is 1. The summed E-state index contributed by atoms with van der Waals surface area (Å²) in [7, 11) is 1.93. The second-order valence-electron chi connectivity index (χ2n) is 9.00. The van der Waals surface area contributed by atoms with E-state index in [4.69, 9.17) is 4.74 Å². The van der Waals surface area contributed by atoms with Crippen LogP contribution in [0.15, 0.2) is 60.9 Å². The molecular weight excluding hydrogens is 414 g/mol. The van der Waals surface area contributed by atoms with Crippen molar-refractivity contribution in [2.75, 3.05) is 42.9 Å². The van der Waals surface area contributed by atoms with E-state index in [1.54, 1.807) is 18.3 Å². The van der Waals surface area contributed by atoms with Gasteiger partial charge < -0.3 is 19.5 Å². The van der Waals surface area contributed by atoms with Crippen molar-refractivity contribution in [1.82, 2.24) is 14.5 Å². The number of ether oxygens (including phenoxy) is 1. The molecule has 1 saturated carbocycles. The Kier molecular flexibility index (Phi) is 6.30. The van der Waals surface area contributed by atoms with Crippen molar-refractivity contribution in [2.24, 2.45) is 13.0 Å². The minimum absolute atomic E-state index is 0.128. The standard InChI is InChI=1S/C26H31N5O2/c1-29-12-11-27-25(29)19-33-24-9-7-21(8-10-24)26(32)28-22-3-2-4-23(17-22)31-15-13-30(14-16-31)18-20-5-6-20/h2-4,7-12,17,20H,5-6,13-16,18-19H2,1H3,(H,28,32). The van der Waals surface area contributed by atoms with Crippen LogP contribution in [-0.2, 0) is 13.7 Å². The number of nitrogens with zero attached hydrogens (tertiary/aromatic N) is 4. The summed E-state index contributed by atoms with van der Waals surface area (Å²) in [4.78, 5) is 22.0. The van der Waals surface area contributed by atoms with E-state index in [0.717, 1.165) is 49.3 Å². The molecule has 1 aliphatic heterocycles. The minimum atomic E-state index is -0.128. The fraction of sp³-hybridized carbons (Fsp3) is 0.385. The lowest BCUT2D eigenvalue weighted by Crippen LogP contribution is -2.47. The summed E-state index contributed by atoms with van der Waals surface area (Å²) in [5, 5.41) is 3.03. The molecule has 7 heteroatoms. The fourth-order valence-electron chi connectivity index (χ4n) is 4.22. The van der Waals surface area contributed by atoms with Gasteiger partial charge in [-0.3, -0.25) is 9.69 Å². The molecule has 0 bridgehead atoms. The van der Waals surface area contributed by atoms with E-state index in [-0.39, 0.29) is 5.91 Å². The molecule has 5 rings (SSSR count). The van der Waals surface area contributed by atoms with Crippen LogP contribution in [0.25, 0.3) is 0 Å². The number of aromatic nitrogens is 2. The van der Waals surface area contributed by atoms with Crippen LogP contribution in [0.2, 0.25) is 0 Å². The van der Waals surface area contributed by atoms with Crippen LogP contribution in [0.4, 0.5) is 11.4 Å². The summed E-state index contributed by atoms with van der Waals surface area (Å²) < 4.78 is 7.70. The van der Waals surface area contributed by atoms with Crippen molar-refractivity contribution in [1.29, 1.82) is 0 Å². The SMILES string of the molecule is Cn1ccnc1COc1ccc(C(=O)Nc2cccc(N3CCN(CC4CC4)CC3)c2)cc1. The number of benzene rings is 2. The second kappa shape index (κ2) is 9.67. The van der Waals surface area contributed by atoms with Gasteiger partial charge in [-0.05, 0) is 61.2 Å². The molecule has 0 radical (unpaired) electrons. The Balaban J connectivity index is 1.15. The number of anilines is 2. The maximum atomic E-state index is 12.8. The third-order valence-corrected chi connectivity index (χ3v) is 6.46. The molecule has 2 heterocycles. The minimum Gasteiger partial charge on any atom is -0.486 e. The number of hydrogen-bond acceptors (Lipinski definition) is 5. The van der Waals surface area contributed by atoms with Gasteiger partial charge in [-0.15, -0.1) is 0 Å². The van der Waals surface area contributed by atoms with Crippen LogP contribution < -0.4 is 15.0 Å². The monoisotopic (exact) mass is 445 g/mol. The molecular formula is C26H31N5O2. The smallest absolute Gasteiger partial charge is 0.255 e. The zero-order chi connectivity index (χ0) is 22.6. The molecule has 0 atom stereocenters. The van der Waals surface area contributed by atoms with Crippen LogP contribution in [0.5, 0.6) is 5.75 Å². The third kappa shape index (κ3) is 5.54. The molecule has 172 valence electrons. The highest BCUT2D eigenvalue weighted by atomic mass is 16.5. The fourth-order valence-corrected chi connectivity index (χ4v) is 4.22. The molecule has 1 aliphatic carbocycles. The summed E-state index contributed by atoms with van der Waals surface area (Å²) in [5.74, 6) is 2.37. The average Bonchev–Trinajstić information content (AvgIpc) is 3.56. The van der Waals surface area contributed by atoms with E-state index in [1.807, 2.05) is 42.1 Å². The van der Waals surface area contributed by atoms with E-state index < -0.39 is 0 Å². The summed E-state index contributed by atoms with van der Waals surface area (Å²) >= 11 is 0. The Morgan fingerprint density at radius 1 is 1.09 bits per heavy atom. The number of carbonyl (C=O) groups excluding carboxylic acids is 1. The molecule has 2 aromatic carbocycles. The Labute approximate surface area is 195 Å². The lowest BCUT2D eigenvalue weighted by atomic mass is 10.2. The summed E-state index contributed by atoms with van der Waals surface area (Å²) in [6, 6.07) is 15.3. The first-order chi connectivity index (χ1) is 16.1. The van der Waals surface area contributed by atoms with E-state index in [2.05, 4.69) is 32.2 Å². The number of piperazine rings is 1. The number of carbonyl (C=O) groups is 1. The number of nitrogens with one attached hydrogen (secondary N) is 1. The maximum absolute atomic E-state index is 12.8. The van der Waals surface area contributed by atoms with Gasteiger partial charge in [-0.2, -0.15) is 0 Å². The predicted molar refractivity (Wildman–Crippen MR) is 130 cm³/mol. The number of hydrogen-bond donors (Lipinski definition) is 1. The Hall–Kier alpha value is -3.32. The van der Waals surface area contributed by atoms with Crippen LogP contribution >= 0.6 is 0 Å². The van der Waals surface area contributed by atoms with Gasteiger partial charge in [0.25, 0.3) is 5.91 Å². The number of aryl methyl sites for hydroxylation is 1. The highest BCUT2D eigenvalue weighted by Crippen LogP contribution is 2.30. The van der Waals surface area contributed by atoms with Crippen molar-refractivity contribution in [3.8, 4) is 5.75 Å². The van der Waals surface area contributed by atoms with E-state index >= 15 is 0 Å². The normalized spacial score (nSPS) is 16.6. The van der Waals surface area contributed by atoms with Gasteiger partial charge in [0.1, 0.15) is 18.2 Å². The highest BCUT2D eigenvalue weighted by molar-refractivity contribution is 6.04. The molecule has 2 aliphatic rings. The van der Waals surface area contributed by atoms with Gasteiger partial charge in [0.15, 0.2) is 0 Å². The predicted octanol–water partition coefficient (Wildman–Crippen LogP) is 3.78. The van der Waals surface area contributed by atoms with Crippen LogP contribution in [-0.4, -0.2) is 53.1 Å². The molecule has 7 nitrogen and oxygen atoms in total. The summed E-state index contributed by atoms with van der Waals surface area (Å²) in [6.07, 6.45) is 6.44. The number of rotatable bonds is 8. The Bertz CT molecular complexity index is 1080.